The van der Waals surface area contributed by atoms with Gasteiger partial charge in [0, 0.05) is 13.1 Å². The molecule has 1 aromatic rings. The van der Waals surface area contributed by atoms with E-state index >= 15 is 0 Å². The highest BCUT2D eigenvalue weighted by molar-refractivity contribution is 9.10. The molecule has 1 heterocycles. The van der Waals surface area contributed by atoms with E-state index in [4.69, 9.17) is 4.74 Å². The highest BCUT2D eigenvalue weighted by Gasteiger charge is 2.34. The van der Waals surface area contributed by atoms with Crippen LogP contribution in [0, 0.1) is 5.82 Å². The molecule has 1 N–H and O–H groups in total. The van der Waals surface area contributed by atoms with Crippen LogP contribution in [0.3, 0.4) is 0 Å². The van der Waals surface area contributed by atoms with Crippen molar-refractivity contribution in [2.24, 2.45) is 0 Å². The zero-order valence-electron chi connectivity index (χ0n) is 7.81. The Kier molecular flexibility index (Phi) is 2.49. The van der Waals surface area contributed by atoms with Gasteiger partial charge >= 0.3 is 0 Å². The second-order valence-electron chi connectivity index (χ2n) is 3.71. The second kappa shape index (κ2) is 3.51. The van der Waals surface area contributed by atoms with Crippen LogP contribution in [-0.4, -0.2) is 18.7 Å². The van der Waals surface area contributed by atoms with Crippen LogP contribution in [0.25, 0.3) is 0 Å². The molecule has 0 radical (unpaired) electrons. The van der Waals surface area contributed by atoms with Gasteiger partial charge in [0.2, 0.25) is 0 Å². The molecule has 0 unspecified atom stereocenters. The first-order valence-electron chi connectivity index (χ1n) is 4.44. The lowest BCUT2D eigenvalue weighted by atomic mass is 10.00. The third kappa shape index (κ3) is 1.77. The third-order valence-corrected chi connectivity index (χ3v) is 2.88. The lowest BCUT2D eigenvalue weighted by molar-refractivity contribution is 0.0310. The first kappa shape index (κ1) is 9.93. The summed E-state index contributed by atoms with van der Waals surface area (Å²) in [5.41, 5.74) is -0.262. The molecule has 0 amide bonds. The largest absolute Gasteiger partial charge is 0.482 e. The van der Waals surface area contributed by atoms with E-state index in [1.54, 1.807) is 18.2 Å². The number of nitrogens with one attached hydrogen (secondary N) is 1. The molecule has 2 rings (SSSR count). The molecular formula is C10H11BrFNO. The fraction of sp³-hybridized carbons (Fsp3) is 0.400. The predicted octanol–water partition coefficient (Wildman–Crippen LogP) is 2.33. The molecule has 0 aromatic heterocycles. The van der Waals surface area contributed by atoms with Crippen molar-refractivity contribution in [2.45, 2.75) is 12.5 Å². The monoisotopic (exact) mass is 259 g/mol. The number of rotatable bonds is 2. The Morgan fingerprint density at radius 3 is 2.79 bits per heavy atom. The molecule has 1 saturated heterocycles. The number of halogens is 2. The van der Waals surface area contributed by atoms with E-state index in [2.05, 4.69) is 21.2 Å². The van der Waals surface area contributed by atoms with Gasteiger partial charge in [-0.25, -0.2) is 4.39 Å². The van der Waals surface area contributed by atoms with E-state index in [1.807, 2.05) is 6.92 Å². The minimum atomic E-state index is -0.333. The summed E-state index contributed by atoms with van der Waals surface area (Å²) in [5, 5.41) is 3.10. The molecule has 1 aliphatic heterocycles. The van der Waals surface area contributed by atoms with Crippen LogP contribution in [-0.2, 0) is 0 Å². The van der Waals surface area contributed by atoms with Crippen LogP contribution in [0.5, 0.6) is 5.75 Å². The molecule has 0 atom stereocenters. The fourth-order valence-corrected chi connectivity index (χ4v) is 1.73. The Morgan fingerprint density at radius 1 is 1.50 bits per heavy atom. The number of ether oxygens (including phenoxy) is 1. The van der Waals surface area contributed by atoms with Crippen LogP contribution in [0.15, 0.2) is 22.7 Å². The Bertz CT molecular complexity index is 352. The average Bonchev–Trinajstić information content (AvgIpc) is 2.10. The third-order valence-electron chi connectivity index (χ3n) is 2.27. The van der Waals surface area contributed by atoms with E-state index in [0.717, 1.165) is 13.1 Å². The minimum absolute atomic E-state index is 0.262. The minimum Gasteiger partial charge on any atom is -0.482 e. The summed E-state index contributed by atoms with van der Waals surface area (Å²) < 4.78 is 19.5. The highest BCUT2D eigenvalue weighted by Crippen LogP contribution is 2.28. The zero-order valence-corrected chi connectivity index (χ0v) is 9.40. The van der Waals surface area contributed by atoms with Crippen LogP contribution in [0.1, 0.15) is 6.92 Å². The zero-order chi connectivity index (χ0) is 10.2. The summed E-state index contributed by atoms with van der Waals surface area (Å²) in [6.45, 7) is 3.49. The molecule has 0 spiro atoms. The van der Waals surface area contributed by atoms with E-state index in [-0.39, 0.29) is 11.4 Å². The van der Waals surface area contributed by atoms with Crippen LogP contribution < -0.4 is 10.1 Å². The standard InChI is InChI=1S/C10H11BrFNO/c1-10(5-13-6-10)14-8-4-2-3-7(11)9(8)12/h2-4,13H,5-6H2,1H3. The van der Waals surface area contributed by atoms with Crippen LogP contribution in [0.2, 0.25) is 0 Å². The summed E-state index contributed by atoms with van der Waals surface area (Å²) in [6, 6.07) is 5.06. The van der Waals surface area contributed by atoms with Crippen LogP contribution >= 0.6 is 15.9 Å². The molecule has 76 valence electrons. The maximum Gasteiger partial charge on any atom is 0.179 e. The van der Waals surface area contributed by atoms with Crippen molar-refractivity contribution >= 4 is 15.9 Å². The normalized spacial score (nSPS) is 18.8. The molecule has 0 saturated carbocycles. The molecule has 0 bridgehead atoms. The van der Waals surface area contributed by atoms with Crippen molar-refractivity contribution in [1.29, 1.82) is 0 Å². The molecule has 0 aliphatic carbocycles. The average molecular weight is 260 g/mol. The van der Waals surface area contributed by atoms with Gasteiger partial charge in [-0.3, -0.25) is 0 Å². The number of benzene rings is 1. The summed E-state index contributed by atoms with van der Waals surface area (Å²) in [4.78, 5) is 0. The fourth-order valence-electron chi connectivity index (χ4n) is 1.38. The van der Waals surface area contributed by atoms with Crippen molar-refractivity contribution in [3.63, 3.8) is 0 Å². The predicted molar refractivity (Wildman–Crippen MR) is 56.0 cm³/mol. The van der Waals surface area contributed by atoms with Gasteiger partial charge in [0.15, 0.2) is 11.6 Å². The van der Waals surface area contributed by atoms with Gasteiger partial charge in [-0.15, -0.1) is 0 Å². The van der Waals surface area contributed by atoms with Gasteiger partial charge in [-0.1, -0.05) is 6.07 Å². The van der Waals surface area contributed by atoms with Crippen molar-refractivity contribution in [1.82, 2.24) is 5.32 Å². The Labute approximate surface area is 90.6 Å². The lowest BCUT2D eigenvalue weighted by Gasteiger charge is -2.39. The molecule has 4 heteroatoms. The maximum atomic E-state index is 13.5. The van der Waals surface area contributed by atoms with Gasteiger partial charge in [0.25, 0.3) is 0 Å². The second-order valence-corrected chi connectivity index (χ2v) is 4.56. The summed E-state index contributed by atoms with van der Waals surface area (Å²) in [7, 11) is 0. The van der Waals surface area contributed by atoms with Gasteiger partial charge in [0.1, 0.15) is 5.60 Å². The Hall–Kier alpha value is -0.610. The number of hydrogen-bond acceptors (Lipinski definition) is 2. The summed E-state index contributed by atoms with van der Waals surface area (Å²) in [5.74, 6) is -0.0241. The molecule has 1 aromatic carbocycles. The molecule has 2 nitrogen and oxygen atoms in total. The SMILES string of the molecule is CC1(Oc2cccc(Br)c2F)CNC1. The Balaban J connectivity index is 2.20. The maximum absolute atomic E-state index is 13.5. The topological polar surface area (TPSA) is 21.3 Å². The Morgan fingerprint density at radius 2 is 2.21 bits per heavy atom. The first-order valence-corrected chi connectivity index (χ1v) is 5.24. The summed E-state index contributed by atoms with van der Waals surface area (Å²) >= 11 is 3.12. The van der Waals surface area contributed by atoms with Gasteiger partial charge in [-0.05, 0) is 35.0 Å². The molecule has 1 aliphatic rings. The van der Waals surface area contributed by atoms with E-state index < -0.39 is 0 Å². The van der Waals surface area contributed by atoms with E-state index in [1.165, 1.54) is 0 Å². The quantitative estimate of drug-likeness (QED) is 0.881. The summed E-state index contributed by atoms with van der Waals surface area (Å²) in [6.07, 6.45) is 0. The molecule has 1 fully saturated rings. The van der Waals surface area contributed by atoms with Gasteiger partial charge in [-0.2, -0.15) is 0 Å². The highest BCUT2D eigenvalue weighted by atomic mass is 79.9. The molecule has 14 heavy (non-hydrogen) atoms. The van der Waals surface area contributed by atoms with Crippen molar-refractivity contribution in [2.75, 3.05) is 13.1 Å². The van der Waals surface area contributed by atoms with Crippen molar-refractivity contribution < 1.29 is 9.13 Å². The van der Waals surface area contributed by atoms with Gasteiger partial charge in [0.05, 0.1) is 4.47 Å². The van der Waals surface area contributed by atoms with Crippen molar-refractivity contribution in [3.8, 4) is 5.75 Å². The lowest BCUT2D eigenvalue weighted by Crippen LogP contribution is -2.61. The van der Waals surface area contributed by atoms with E-state index in [0.29, 0.717) is 10.2 Å². The van der Waals surface area contributed by atoms with E-state index in [9.17, 15) is 4.39 Å². The van der Waals surface area contributed by atoms with Crippen LogP contribution in [0.4, 0.5) is 4.39 Å². The first-order chi connectivity index (χ1) is 6.61. The smallest absolute Gasteiger partial charge is 0.179 e. The number of hydrogen-bond donors (Lipinski definition) is 1. The molecular weight excluding hydrogens is 249 g/mol. The van der Waals surface area contributed by atoms with Gasteiger partial charge < -0.3 is 10.1 Å². The van der Waals surface area contributed by atoms with Crippen molar-refractivity contribution in [3.05, 3.63) is 28.5 Å².